The molecular formula is C13H13FO. The van der Waals surface area contributed by atoms with Crippen molar-refractivity contribution in [2.24, 2.45) is 0 Å². The monoisotopic (exact) mass is 204 g/mol. The van der Waals surface area contributed by atoms with Gasteiger partial charge in [0.2, 0.25) is 0 Å². The Kier molecular flexibility index (Phi) is 3.65. The van der Waals surface area contributed by atoms with E-state index in [2.05, 4.69) is 5.92 Å². The van der Waals surface area contributed by atoms with Gasteiger partial charge in [-0.05, 0) is 31.5 Å². The smallest absolute Gasteiger partial charge is 0.140 e. The van der Waals surface area contributed by atoms with Crippen molar-refractivity contribution in [3.8, 4) is 12.3 Å². The van der Waals surface area contributed by atoms with Crippen molar-refractivity contribution in [3.63, 3.8) is 0 Å². The predicted molar refractivity (Wildman–Crippen MR) is 59.5 cm³/mol. The van der Waals surface area contributed by atoms with E-state index in [4.69, 9.17) is 6.42 Å². The predicted octanol–water partition coefficient (Wildman–Crippen LogP) is 2.92. The van der Waals surface area contributed by atoms with Crippen molar-refractivity contribution in [1.29, 1.82) is 0 Å². The molecule has 0 saturated carbocycles. The first-order valence-electron chi connectivity index (χ1n) is 4.63. The van der Waals surface area contributed by atoms with E-state index in [0.29, 0.717) is 11.1 Å². The van der Waals surface area contributed by atoms with Crippen molar-refractivity contribution in [2.45, 2.75) is 20.0 Å². The number of halogens is 1. The third-order valence-electron chi connectivity index (χ3n) is 1.95. The van der Waals surface area contributed by atoms with Crippen LogP contribution >= 0.6 is 0 Å². The Morgan fingerprint density at radius 1 is 1.53 bits per heavy atom. The van der Waals surface area contributed by atoms with Gasteiger partial charge in [-0.3, -0.25) is 0 Å². The molecule has 15 heavy (non-hydrogen) atoms. The van der Waals surface area contributed by atoms with Crippen LogP contribution in [0.4, 0.5) is 4.39 Å². The highest BCUT2D eigenvalue weighted by Crippen LogP contribution is 2.21. The van der Waals surface area contributed by atoms with E-state index in [1.165, 1.54) is 18.2 Å². The number of aliphatic hydroxyl groups is 1. The SMILES string of the molecule is C#CC(O)c1ccc(F)cc1C=C(C)C. The minimum absolute atomic E-state index is 0.338. The van der Waals surface area contributed by atoms with Gasteiger partial charge in [-0.25, -0.2) is 4.39 Å². The number of terminal acetylenes is 1. The molecular weight excluding hydrogens is 191 g/mol. The first-order valence-corrected chi connectivity index (χ1v) is 4.63. The summed E-state index contributed by atoms with van der Waals surface area (Å²) in [7, 11) is 0. The summed E-state index contributed by atoms with van der Waals surface area (Å²) in [6.45, 7) is 3.80. The number of hydrogen-bond acceptors (Lipinski definition) is 1. The molecule has 0 radical (unpaired) electrons. The molecule has 2 heteroatoms. The van der Waals surface area contributed by atoms with E-state index in [1.54, 1.807) is 6.08 Å². The lowest BCUT2D eigenvalue weighted by molar-refractivity contribution is 0.238. The van der Waals surface area contributed by atoms with E-state index in [9.17, 15) is 9.50 Å². The molecule has 1 aromatic carbocycles. The number of aliphatic hydroxyl groups excluding tert-OH is 1. The van der Waals surface area contributed by atoms with Crippen LogP contribution in [-0.4, -0.2) is 5.11 Å². The van der Waals surface area contributed by atoms with Crippen molar-refractivity contribution < 1.29 is 9.50 Å². The molecule has 0 spiro atoms. The molecule has 1 unspecified atom stereocenters. The molecule has 1 nitrogen and oxygen atoms in total. The molecule has 1 N–H and O–H groups in total. The van der Waals surface area contributed by atoms with Gasteiger partial charge in [0.1, 0.15) is 11.9 Å². The van der Waals surface area contributed by atoms with Gasteiger partial charge in [-0.15, -0.1) is 6.42 Å². The van der Waals surface area contributed by atoms with Gasteiger partial charge < -0.3 is 5.11 Å². The van der Waals surface area contributed by atoms with Gasteiger partial charge in [0.15, 0.2) is 0 Å². The average molecular weight is 204 g/mol. The second-order valence-electron chi connectivity index (χ2n) is 3.56. The maximum atomic E-state index is 13.0. The molecule has 0 aliphatic rings. The maximum absolute atomic E-state index is 13.0. The van der Waals surface area contributed by atoms with Gasteiger partial charge in [-0.2, -0.15) is 0 Å². The number of allylic oxidation sites excluding steroid dienone is 1. The summed E-state index contributed by atoms with van der Waals surface area (Å²) in [5.41, 5.74) is 2.20. The number of benzene rings is 1. The molecule has 1 atom stereocenters. The fourth-order valence-electron chi connectivity index (χ4n) is 1.32. The Labute approximate surface area is 89.3 Å². The molecule has 0 bridgehead atoms. The van der Waals surface area contributed by atoms with Crippen LogP contribution in [0.2, 0.25) is 0 Å². The summed E-state index contributed by atoms with van der Waals surface area (Å²) < 4.78 is 13.0. The molecule has 0 heterocycles. The molecule has 0 fully saturated rings. The highest BCUT2D eigenvalue weighted by atomic mass is 19.1. The van der Waals surface area contributed by atoms with Crippen molar-refractivity contribution in [2.75, 3.05) is 0 Å². The van der Waals surface area contributed by atoms with Gasteiger partial charge in [-0.1, -0.05) is 23.6 Å². The van der Waals surface area contributed by atoms with Gasteiger partial charge in [0.05, 0.1) is 0 Å². The van der Waals surface area contributed by atoms with Crippen LogP contribution in [0.3, 0.4) is 0 Å². The molecule has 0 aromatic heterocycles. The zero-order chi connectivity index (χ0) is 11.4. The van der Waals surface area contributed by atoms with Crippen molar-refractivity contribution in [3.05, 3.63) is 40.7 Å². The third kappa shape index (κ3) is 2.93. The van der Waals surface area contributed by atoms with Crippen LogP contribution < -0.4 is 0 Å². The number of rotatable bonds is 2. The average Bonchev–Trinajstić information content (AvgIpc) is 2.16. The molecule has 0 saturated heterocycles. The Bertz CT molecular complexity index is 423. The van der Waals surface area contributed by atoms with Crippen LogP contribution in [0.25, 0.3) is 6.08 Å². The molecule has 0 amide bonds. The highest BCUT2D eigenvalue weighted by molar-refractivity contribution is 5.57. The number of hydrogen-bond donors (Lipinski definition) is 1. The summed E-state index contributed by atoms with van der Waals surface area (Å²) in [5, 5.41) is 9.53. The zero-order valence-corrected chi connectivity index (χ0v) is 8.79. The van der Waals surface area contributed by atoms with Crippen LogP contribution in [0, 0.1) is 18.2 Å². The van der Waals surface area contributed by atoms with Crippen LogP contribution in [0.1, 0.15) is 31.1 Å². The van der Waals surface area contributed by atoms with Gasteiger partial charge in [0.25, 0.3) is 0 Å². The van der Waals surface area contributed by atoms with Gasteiger partial charge >= 0.3 is 0 Å². The third-order valence-corrected chi connectivity index (χ3v) is 1.95. The molecule has 0 aliphatic carbocycles. The van der Waals surface area contributed by atoms with E-state index < -0.39 is 6.10 Å². The van der Waals surface area contributed by atoms with Gasteiger partial charge in [0, 0.05) is 5.56 Å². The normalized spacial score (nSPS) is 11.7. The zero-order valence-electron chi connectivity index (χ0n) is 8.79. The molecule has 0 aliphatic heterocycles. The first-order chi connectivity index (χ1) is 7.04. The first kappa shape index (κ1) is 11.5. The van der Waals surface area contributed by atoms with E-state index in [-0.39, 0.29) is 5.82 Å². The minimum Gasteiger partial charge on any atom is -0.376 e. The highest BCUT2D eigenvalue weighted by Gasteiger charge is 2.08. The summed E-state index contributed by atoms with van der Waals surface area (Å²) in [6.07, 6.45) is 5.93. The van der Waals surface area contributed by atoms with Crippen LogP contribution in [0.5, 0.6) is 0 Å². The molecule has 1 rings (SSSR count). The van der Waals surface area contributed by atoms with Crippen molar-refractivity contribution >= 4 is 6.08 Å². The second-order valence-corrected chi connectivity index (χ2v) is 3.56. The Morgan fingerprint density at radius 3 is 2.73 bits per heavy atom. The summed E-state index contributed by atoms with van der Waals surface area (Å²) in [5.74, 6) is 1.88. The second kappa shape index (κ2) is 4.77. The molecule has 78 valence electrons. The van der Waals surface area contributed by atoms with Crippen molar-refractivity contribution in [1.82, 2.24) is 0 Å². The summed E-state index contributed by atoms with van der Waals surface area (Å²) in [6, 6.07) is 4.16. The van der Waals surface area contributed by atoms with Crippen LogP contribution in [-0.2, 0) is 0 Å². The Morgan fingerprint density at radius 2 is 2.20 bits per heavy atom. The standard InChI is InChI=1S/C13H13FO/c1-4-13(15)12-6-5-11(14)8-10(12)7-9(2)3/h1,5-8,13,15H,2-3H3. The van der Waals surface area contributed by atoms with E-state index in [1.807, 2.05) is 13.8 Å². The lowest BCUT2D eigenvalue weighted by atomic mass is 10.0. The van der Waals surface area contributed by atoms with E-state index in [0.717, 1.165) is 5.57 Å². The quantitative estimate of drug-likeness (QED) is 0.734. The minimum atomic E-state index is -0.990. The Balaban J connectivity index is 3.28. The van der Waals surface area contributed by atoms with E-state index >= 15 is 0 Å². The topological polar surface area (TPSA) is 20.2 Å². The maximum Gasteiger partial charge on any atom is 0.140 e. The van der Waals surface area contributed by atoms with Crippen LogP contribution in [0.15, 0.2) is 23.8 Å². The fourth-order valence-corrected chi connectivity index (χ4v) is 1.32. The Hall–Kier alpha value is -1.59. The largest absolute Gasteiger partial charge is 0.376 e. The summed E-state index contributed by atoms with van der Waals surface area (Å²) >= 11 is 0. The molecule has 1 aromatic rings. The summed E-state index contributed by atoms with van der Waals surface area (Å²) in [4.78, 5) is 0. The lowest BCUT2D eigenvalue weighted by Gasteiger charge is -2.08. The fraction of sp³-hybridized carbons (Fsp3) is 0.231. The lowest BCUT2D eigenvalue weighted by Crippen LogP contribution is -1.97.